The van der Waals surface area contributed by atoms with Crippen molar-refractivity contribution in [2.45, 2.75) is 94.8 Å². The molecule has 0 radical (unpaired) electrons. The number of nitrogens with zero attached hydrogens (tertiary/aromatic N) is 2. The summed E-state index contributed by atoms with van der Waals surface area (Å²) < 4.78 is 98.2. The number of piperidine rings is 1. The zero-order valence-corrected chi connectivity index (χ0v) is 26.4. The average molecular weight is 661 g/mol. The second-order valence-corrected chi connectivity index (χ2v) is 13.1. The van der Waals surface area contributed by atoms with Crippen LogP contribution in [0.2, 0.25) is 0 Å². The van der Waals surface area contributed by atoms with Crippen molar-refractivity contribution in [1.82, 2.24) is 9.80 Å². The smallest absolute Gasteiger partial charge is 0.480 e. The van der Waals surface area contributed by atoms with Crippen LogP contribution in [0, 0.1) is 18.7 Å². The lowest BCUT2D eigenvalue weighted by Gasteiger charge is -2.35. The normalized spacial score (nSPS) is 21.8. The number of likely N-dealkylation sites (tertiary alicyclic amines) is 1. The minimum atomic E-state index is -4.75. The lowest BCUT2D eigenvalue weighted by molar-refractivity contribution is -0.345. The molecule has 0 aromatic heterocycles. The summed E-state index contributed by atoms with van der Waals surface area (Å²) in [5.41, 5.74) is 1.21. The maximum Gasteiger partial charge on any atom is 0.522 e. The van der Waals surface area contributed by atoms with Crippen molar-refractivity contribution < 1.29 is 45.4 Å². The summed E-state index contributed by atoms with van der Waals surface area (Å²) in [7, 11) is 3.64. The fourth-order valence-corrected chi connectivity index (χ4v) is 7.36. The molecule has 2 aromatic carbocycles. The molecule has 2 aromatic rings. The molecule has 1 aliphatic carbocycles. The highest BCUT2D eigenvalue weighted by atomic mass is 19.4. The molecular weight excluding hydrogens is 617 g/mol. The first-order valence-corrected chi connectivity index (χ1v) is 15.8. The third-order valence-corrected chi connectivity index (χ3v) is 9.71. The summed E-state index contributed by atoms with van der Waals surface area (Å²) in [6.45, 7) is 3.68. The SMILES string of the molecule is Cc1cc(F)cc([C@H](C(=O)O)N(C)CC[C@@H](CC2CCN(C)CC2)c2cccc(C(F)(F)F)c2)c1C1CCC(OC(F)(F)F)CC1. The van der Waals surface area contributed by atoms with Gasteiger partial charge in [0, 0.05) is 0 Å². The topological polar surface area (TPSA) is 53.0 Å². The molecule has 0 unspecified atom stereocenters. The van der Waals surface area contributed by atoms with E-state index in [1.807, 2.05) is 7.05 Å². The first-order valence-electron chi connectivity index (χ1n) is 15.8. The number of aryl methyl sites for hydroxylation is 1. The number of carboxylic acids is 1. The molecule has 46 heavy (non-hydrogen) atoms. The minimum absolute atomic E-state index is 0.129. The van der Waals surface area contributed by atoms with Crippen molar-refractivity contribution >= 4 is 5.97 Å². The number of carbonyl (C=O) groups is 1. The molecule has 256 valence electrons. The monoisotopic (exact) mass is 660 g/mol. The van der Waals surface area contributed by atoms with E-state index in [0.717, 1.165) is 32.0 Å². The Morgan fingerprint density at radius 2 is 1.67 bits per heavy atom. The van der Waals surface area contributed by atoms with Crippen LogP contribution in [0.3, 0.4) is 0 Å². The summed E-state index contributed by atoms with van der Waals surface area (Å²) in [6, 6.07) is 6.55. The number of likely N-dealkylation sites (N-methyl/N-ethyl adjacent to an activating group) is 1. The van der Waals surface area contributed by atoms with Crippen LogP contribution in [0.15, 0.2) is 36.4 Å². The van der Waals surface area contributed by atoms with Gasteiger partial charge in [0.05, 0.1) is 11.7 Å². The maximum absolute atomic E-state index is 14.8. The van der Waals surface area contributed by atoms with E-state index in [-0.39, 0.29) is 36.8 Å². The van der Waals surface area contributed by atoms with E-state index in [1.165, 1.54) is 24.3 Å². The molecule has 4 rings (SSSR count). The second kappa shape index (κ2) is 15.0. The van der Waals surface area contributed by atoms with Crippen molar-refractivity contribution in [3.8, 4) is 0 Å². The summed E-state index contributed by atoms with van der Waals surface area (Å²) in [5.74, 6) is -2.06. The molecule has 1 heterocycles. The number of aliphatic carboxylic acids is 1. The third-order valence-electron chi connectivity index (χ3n) is 9.71. The molecule has 1 saturated heterocycles. The van der Waals surface area contributed by atoms with Gasteiger partial charge in [-0.15, -0.1) is 13.2 Å². The van der Waals surface area contributed by atoms with Crippen LogP contribution in [0.4, 0.5) is 30.7 Å². The standard InChI is InChI=1S/C34H43F7N2O3/c1-21-17-27(35)20-29(30(21)23-7-9-28(10-8-23)46-34(39,40)41)31(32(44)45)43(3)16-13-25(18-22-11-14-42(2)15-12-22)24-5-4-6-26(19-24)33(36,37)38/h4-6,17,19-20,22-23,25,28,31H,7-16,18H2,1-3H3,(H,44,45)/t23?,25-,28?,31+/m0/s1. The van der Waals surface area contributed by atoms with Gasteiger partial charge < -0.3 is 10.0 Å². The molecule has 2 fully saturated rings. The molecule has 0 amide bonds. The zero-order chi connectivity index (χ0) is 33.8. The molecule has 5 nitrogen and oxygen atoms in total. The largest absolute Gasteiger partial charge is 0.522 e. The van der Waals surface area contributed by atoms with E-state index in [0.29, 0.717) is 48.3 Å². The summed E-state index contributed by atoms with van der Waals surface area (Å²) in [5, 5.41) is 10.4. The van der Waals surface area contributed by atoms with Gasteiger partial charge in [0.2, 0.25) is 0 Å². The highest BCUT2D eigenvalue weighted by molar-refractivity contribution is 5.76. The van der Waals surface area contributed by atoms with E-state index in [4.69, 9.17) is 0 Å². The Balaban J connectivity index is 1.58. The van der Waals surface area contributed by atoms with Crippen molar-refractivity contribution in [3.63, 3.8) is 0 Å². The lowest BCUT2D eigenvalue weighted by Crippen LogP contribution is -2.35. The fourth-order valence-electron chi connectivity index (χ4n) is 7.36. The molecule has 1 saturated carbocycles. The number of halogens is 7. The molecule has 12 heteroatoms. The van der Waals surface area contributed by atoms with Crippen LogP contribution in [-0.2, 0) is 15.7 Å². The molecule has 1 aliphatic heterocycles. The first-order chi connectivity index (χ1) is 21.5. The second-order valence-electron chi connectivity index (χ2n) is 13.1. The number of ether oxygens (including phenoxy) is 1. The highest BCUT2D eigenvalue weighted by Crippen LogP contribution is 2.42. The van der Waals surface area contributed by atoms with Gasteiger partial charge in [-0.25, -0.2) is 4.39 Å². The number of alkyl halides is 6. The number of carboxylic acid groups (broad SMARTS) is 1. The van der Waals surface area contributed by atoms with E-state index in [2.05, 4.69) is 9.64 Å². The minimum Gasteiger partial charge on any atom is -0.480 e. The van der Waals surface area contributed by atoms with E-state index < -0.39 is 42.0 Å². The Hall–Kier alpha value is -2.70. The van der Waals surface area contributed by atoms with Crippen molar-refractivity contribution in [2.24, 2.45) is 5.92 Å². The molecule has 2 aliphatic rings. The fraction of sp³-hybridized carbons (Fsp3) is 0.618. The molecular formula is C34H43F7N2O3. The molecule has 0 bridgehead atoms. The summed E-state index contributed by atoms with van der Waals surface area (Å²) >= 11 is 0. The lowest BCUT2D eigenvalue weighted by atomic mass is 9.77. The van der Waals surface area contributed by atoms with Gasteiger partial charge in [-0.1, -0.05) is 18.2 Å². The number of benzene rings is 2. The molecule has 2 atom stereocenters. The van der Waals surface area contributed by atoms with E-state index in [9.17, 15) is 40.6 Å². The van der Waals surface area contributed by atoms with Crippen molar-refractivity contribution in [3.05, 3.63) is 70.0 Å². The predicted octanol–water partition coefficient (Wildman–Crippen LogP) is 8.68. The zero-order valence-electron chi connectivity index (χ0n) is 26.4. The quantitative estimate of drug-likeness (QED) is 0.245. The Morgan fingerprint density at radius 3 is 2.26 bits per heavy atom. The Bertz CT molecular complexity index is 1320. The average Bonchev–Trinajstić information content (AvgIpc) is 2.95. The van der Waals surface area contributed by atoms with Crippen LogP contribution in [-0.4, -0.2) is 67.1 Å². The summed E-state index contributed by atoms with van der Waals surface area (Å²) in [4.78, 5) is 16.6. The van der Waals surface area contributed by atoms with Gasteiger partial charge in [0.1, 0.15) is 11.9 Å². The van der Waals surface area contributed by atoms with Gasteiger partial charge in [-0.05, 0) is 150 Å². The van der Waals surface area contributed by atoms with E-state index in [1.54, 1.807) is 24.9 Å². The maximum atomic E-state index is 14.8. The Labute approximate surface area is 265 Å². The van der Waals surface area contributed by atoms with Crippen LogP contribution < -0.4 is 0 Å². The van der Waals surface area contributed by atoms with Crippen LogP contribution in [0.5, 0.6) is 0 Å². The van der Waals surface area contributed by atoms with Gasteiger partial charge in [-0.2, -0.15) is 13.2 Å². The Morgan fingerprint density at radius 1 is 1.02 bits per heavy atom. The first kappa shape index (κ1) is 36.1. The third kappa shape index (κ3) is 9.67. The van der Waals surface area contributed by atoms with Crippen molar-refractivity contribution in [1.29, 1.82) is 0 Å². The predicted molar refractivity (Wildman–Crippen MR) is 160 cm³/mol. The molecule has 1 N–H and O–H groups in total. The van der Waals surface area contributed by atoms with E-state index >= 15 is 0 Å². The van der Waals surface area contributed by atoms with Crippen LogP contribution in [0.1, 0.15) is 97.1 Å². The van der Waals surface area contributed by atoms with Gasteiger partial charge in [-0.3, -0.25) is 14.4 Å². The van der Waals surface area contributed by atoms with Crippen LogP contribution >= 0.6 is 0 Å². The van der Waals surface area contributed by atoms with Gasteiger partial charge in [0.25, 0.3) is 0 Å². The number of hydrogen-bond donors (Lipinski definition) is 1. The summed E-state index contributed by atoms with van der Waals surface area (Å²) in [6.07, 6.45) is -6.44. The van der Waals surface area contributed by atoms with Crippen molar-refractivity contribution in [2.75, 3.05) is 33.7 Å². The number of hydrogen-bond acceptors (Lipinski definition) is 4. The van der Waals surface area contributed by atoms with Gasteiger partial charge in [0.15, 0.2) is 0 Å². The highest BCUT2D eigenvalue weighted by Gasteiger charge is 2.38. The molecule has 0 spiro atoms. The van der Waals surface area contributed by atoms with Crippen LogP contribution in [0.25, 0.3) is 0 Å². The van der Waals surface area contributed by atoms with Gasteiger partial charge >= 0.3 is 18.5 Å². The Kier molecular flexibility index (Phi) is 11.8. The number of rotatable bonds is 11.